The number of likely N-dealkylation sites (tertiary alicyclic amines) is 1. The van der Waals surface area contributed by atoms with Crippen LogP contribution in [-0.2, 0) is 0 Å². The van der Waals surface area contributed by atoms with Crippen LogP contribution in [0.1, 0.15) is 59.8 Å². The van der Waals surface area contributed by atoms with Crippen LogP contribution in [0.2, 0.25) is 0 Å². The molecule has 1 heterocycles. The maximum absolute atomic E-state index is 3.49. The zero-order valence-electron chi connectivity index (χ0n) is 11.6. The van der Waals surface area contributed by atoms with Crippen molar-refractivity contribution in [1.82, 2.24) is 10.2 Å². The van der Waals surface area contributed by atoms with Gasteiger partial charge in [0.25, 0.3) is 0 Å². The van der Waals surface area contributed by atoms with Crippen LogP contribution in [0.5, 0.6) is 0 Å². The van der Waals surface area contributed by atoms with Gasteiger partial charge < -0.3 is 5.32 Å². The monoisotopic (exact) mass is 226 g/mol. The van der Waals surface area contributed by atoms with Gasteiger partial charge in [-0.05, 0) is 59.0 Å². The molecule has 0 aromatic rings. The Morgan fingerprint density at radius 1 is 1.31 bits per heavy atom. The Hall–Kier alpha value is -0.0800. The minimum absolute atomic E-state index is 0.683. The van der Waals surface area contributed by atoms with Crippen molar-refractivity contribution in [1.29, 1.82) is 0 Å². The molecule has 1 fully saturated rings. The van der Waals surface area contributed by atoms with E-state index in [4.69, 9.17) is 0 Å². The minimum Gasteiger partial charge on any atom is -0.315 e. The molecule has 1 saturated heterocycles. The van der Waals surface area contributed by atoms with Crippen LogP contribution in [0.3, 0.4) is 0 Å². The third kappa shape index (κ3) is 4.06. The van der Waals surface area contributed by atoms with Crippen molar-refractivity contribution in [2.24, 2.45) is 0 Å². The highest BCUT2D eigenvalue weighted by molar-refractivity contribution is 4.84. The van der Waals surface area contributed by atoms with Gasteiger partial charge in [-0.25, -0.2) is 0 Å². The maximum atomic E-state index is 3.49. The molecule has 0 aromatic carbocycles. The van der Waals surface area contributed by atoms with Crippen LogP contribution in [0.4, 0.5) is 0 Å². The first-order chi connectivity index (χ1) is 7.69. The Kier molecular flexibility index (Phi) is 6.37. The van der Waals surface area contributed by atoms with E-state index < -0.39 is 0 Å². The largest absolute Gasteiger partial charge is 0.315 e. The summed E-state index contributed by atoms with van der Waals surface area (Å²) in [4.78, 5) is 2.73. The number of nitrogens with zero attached hydrogens (tertiary/aromatic N) is 1. The van der Waals surface area contributed by atoms with E-state index in [1.807, 2.05) is 0 Å². The second-order valence-corrected chi connectivity index (χ2v) is 5.33. The first-order valence-electron chi connectivity index (χ1n) is 7.18. The average Bonchev–Trinajstić information content (AvgIpc) is 2.60. The van der Waals surface area contributed by atoms with E-state index in [0.717, 1.165) is 18.6 Å². The van der Waals surface area contributed by atoms with Crippen molar-refractivity contribution < 1.29 is 0 Å². The smallest absolute Gasteiger partial charge is 0.00960 e. The van der Waals surface area contributed by atoms with Crippen LogP contribution >= 0.6 is 0 Å². The number of rotatable bonds is 7. The van der Waals surface area contributed by atoms with Crippen molar-refractivity contribution in [2.45, 2.75) is 77.9 Å². The molecular weight excluding hydrogens is 196 g/mol. The second-order valence-electron chi connectivity index (χ2n) is 5.33. The van der Waals surface area contributed by atoms with Crippen molar-refractivity contribution >= 4 is 0 Å². The molecule has 3 unspecified atom stereocenters. The van der Waals surface area contributed by atoms with Crippen LogP contribution in [-0.4, -0.2) is 36.1 Å². The molecular formula is C14H30N2. The highest BCUT2D eigenvalue weighted by Crippen LogP contribution is 2.26. The van der Waals surface area contributed by atoms with Crippen LogP contribution < -0.4 is 5.32 Å². The van der Waals surface area contributed by atoms with Gasteiger partial charge in [0.05, 0.1) is 0 Å². The maximum Gasteiger partial charge on any atom is 0.00960 e. The number of nitrogens with one attached hydrogen (secondary N) is 1. The molecule has 1 rings (SSSR count). The lowest BCUT2D eigenvalue weighted by Gasteiger charge is -2.28. The molecule has 0 amide bonds. The summed E-state index contributed by atoms with van der Waals surface area (Å²) in [6.07, 6.45) is 6.80. The summed E-state index contributed by atoms with van der Waals surface area (Å²) in [7, 11) is 0. The SMILES string of the molecule is CCNC(C)CCCN1C(C)CCC1CC. The van der Waals surface area contributed by atoms with Crippen molar-refractivity contribution in [3.05, 3.63) is 0 Å². The summed E-state index contributed by atoms with van der Waals surface area (Å²) in [6, 6.07) is 2.37. The molecule has 1 aliphatic rings. The van der Waals surface area contributed by atoms with E-state index in [1.165, 1.54) is 38.6 Å². The molecule has 2 nitrogen and oxygen atoms in total. The first kappa shape index (κ1) is 14.0. The van der Waals surface area contributed by atoms with Crippen molar-refractivity contribution in [2.75, 3.05) is 13.1 Å². The lowest BCUT2D eigenvalue weighted by molar-refractivity contribution is 0.192. The molecule has 1 N–H and O–H groups in total. The topological polar surface area (TPSA) is 15.3 Å². The Labute approximate surface area is 102 Å². The van der Waals surface area contributed by atoms with E-state index in [9.17, 15) is 0 Å². The van der Waals surface area contributed by atoms with E-state index in [-0.39, 0.29) is 0 Å². The van der Waals surface area contributed by atoms with Gasteiger partial charge in [0.2, 0.25) is 0 Å². The van der Waals surface area contributed by atoms with Gasteiger partial charge in [-0.15, -0.1) is 0 Å². The summed E-state index contributed by atoms with van der Waals surface area (Å²) in [5, 5.41) is 3.49. The molecule has 0 radical (unpaired) electrons. The minimum atomic E-state index is 0.683. The Morgan fingerprint density at radius 3 is 2.69 bits per heavy atom. The molecule has 1 aliphatic heterocycles. The fourth-order valence-corrected chi connectivity index (χ4v) is 3.00. The highest BCUT2D eigenvalue weighted by atomic mass is 15.2. The highest BCUT2D eigenvalue weighted by Gasteiger charge is 2.28. The van der Waals surface area contributed by atoms with E-state index in [2.05, 4.69) is 37.9 Å². The van der Waals surface area contributed by atoms with Gasteiger partial charge in [-0.1, -0.05) is 13.8 Å². The molecule has 0 aromatic heterocycles. The fourth-order valence-electron chi connectivity index (χ4n) is 3.00. The summed E-state index contributed by atoms with van der Waals surface area (Å²) >= 11 is 0. The Bertz CT molecular complexity index is 182. The molecule has 0 spiro atoms. The summed E-state index contributed by atoms with van der Waals surface area (Å²) in [6.45, 7) is 11.6. The second kappa shape index (κ2) is 7.29. The third-order valence-electron chi connectivity index (χ3n) is 4.03. The first-order valence-corrected chi connectivity index (χ1v) is 7.18. The number of hydrogen-bond donors (Lipinski definition) is 1. The third-order valence-corrected chi connectivity index (χ3v) is 4.03. The van der Waals surface area contributed by atoms with E-state index in [0.29, 0.717) is 6.04 Å². The molecule has 0 saturated carbocycles. The van der Waals surface area contributed by atoms with Gasteiger partial charge in [-0.3, -0.25) is 4.90 Å². The molecule has 0 aliphatic carbocycles. The predicted molar refractivity (Wildman–Crippen MR) is 71.9 cm³/mol. The number of hydrogen-bond acceptors (Lipinski definition) is 2. The van der Waals surface area contributed by atoms with Crippen LogP contribution in [0.15, 0.2) is 0 Å². The summed E-state index contributed by atoms with van der Waals surface area (Å²) in [5.74, 6) is 0. The Balaban J connectivity index is 2.20. The van der Waals surface area contributed by atoms with Gasteiger partial charge in [0.1, 0.15) is 0 Å². The van der Waals surface area contributed by atoms with Crippen molar-refractivity contribution in [3.63, 3.8) is 0 Å². The molecule has 16 heavy (non-hydrogen) atoms. The lowest BCUT2D eigenvalue weighted by atomic mass is 10.1. The van der Waals surface area contributed by atoms with Gasteiger partial charge in [0.15, 0.2) is 0 Å². The van der Waals surface area contributed by atoms with Crippen LogP contribution in [0, 0.1) is 0 Å². The standard InChI is InChI=1S/C14H30N2/c1-5-14-10-9-13(4)16(14)11-7-8-12(3)15-6-2/h12-15H,5-11H2,1-4H3. The molecule has 2 heteroatoms. The summed E-state index contributed by atoms with van der Waals surface area (Å²) < 4.78 is 0. The molecule has 3 atom stereocenters. The molecule has 0 bridgehead atoms. The fraction of sp³-hybridized carbons (Fsp3) is 1.00. The average molecular weight is 226 g/mol. The van der Waals surface area contributed by atoms with Gasteiger partial charge in [-0.2, -0.15) is 0 Å². The van der Waals surface area contributed by atoms with Crippen LogP contribution in [0.25, 0.3) is 0 Å². The predicted octanol–water partition coefficient (Wildman–Crippen LogP) is 3.03. The zero-order chi connectivity index (χ0) is 12.0. The Morgan fingerprint density at radius 2 is 2.06 bits per heavy atom. The van der Waals surface area contributed by atoms with E-state index in [1.54, 1.807) is 0 Å². The summed E-state index contributed by atoms with van der Waals surface area (Å²) in [5.41, 5.74) is 0. The quantitative estimate of drug-likeness (QED) is 0.718. The normalized spacial score (nSPS) is 28.5. The van der Waals surface area contributed by atoms with Gasteiger partial charge >= 0.3 is 0 Å². The molecule has 96 valence electrons. The lowest BCUT2D eigenvalue weighted by Crippen LogP contribution is -2.36. The van der Waals surface area contributed by atoms with Gasteiger partial charge in [0, 0.05) is 18.1 Å². The zero-order valence-corrected chi connectivity index (χ0v) is 11.6. The van der Waals surface area contributed by atoms with E-state index >= 15 is 0 Å². The van der Waals surface area contributed by atoms with Crippen molar-refractivity contribution in [3.8, 4) is 0 Å².